The lowest BCUT2D eigenvalue weighted by Crippen LogP contribution is -2.47. The van der Waals surface area contributed by atoms with Gasteiger partial charge in [-0.3, -0.25) is 19.4 Å². The summed E-state index contributed by atoms with van der Waals surface area (Å²) in [6.45, 7) is 4.61. The third-order valence-corrected chi connectivity index (χ3v) is 6.22. The number of phenolic OH excluding ortho intramolecular Hbond substituents is 2. The first-order valence-corrected chi connectivity index (χ1v) is 12.5. The number of rotatable bonds is 17. The standard InChI is InChI=1S/C27H39N3O7/c1-3-37-27-21(9-7-12-24(27)32)14-29(17-25(33)34)16-22(10-4-5-13-28)30(18-26(35)36)15-20-8-6-11-23(31)19(20)2/h6-9,11-12,22,31-32H,3-5,10,13-18,28H2,1-2H3,(H,33,34)(H,35,36). The SMILES string of the molecule is CCOc1c(O)cccc1CN(CC(=O)O)CC(CCCCN)N(CC(=O)O)Cc1cccc(O)c1C. The van der Waals surface area contributed by atoms with E-state index in [0.717, 1.165) is 18.4 Å². The Morgan fingerprint density at radius 3 is 2.22 bits per heavy atom. The molecule has 0 spiro atoms. The maximum Gasteiger partial charge on any atom is 0.317 e. The van der Waals surface area contributed by atoms with Crippen LogP contribution in [0.4, 0.5) is 0 Å². The highest BCUT2D eigenvalue weighted by Gasteiger charge is 2.26. The first kappa shape index (κ1) is 29.9. The van der Waals surface area contributed by atoms with Gasteiger partial charge in [0, 0.05) is 31.2 Å². The van der Waals surface area contributed by atoms with E-state index in [9.17, 15) is 30.0 Å². The molecule has 2 aromatic carbocycles. The first-order chi connectivity index (χ1) is 17.7. The molecule has 1 atom stereocenters. The van der Waals surface area contributed by atoms with Crippen LogP contribution in [-0.4, -0.2) is 81.0 Å². The quantitative estimate of drug-likeness (QED) is 0.198. The molecule has 6 N–H and O–H groups in total. The minimum atomic E-state index is -1.02. The van der Waals surface area contributed by atoms with Gasteiger partial charge in [0.15, 0.2) is 11.5 Å². The third-order valence-electron chi connectivity index (χ3n) is 6.22. The zero-order valence-corrected chi connectivity index (χ0v) is 21.6. The number of benzene rings is 2. The van der Waals surface area contributed by atoms with Crippen LogP contribution in [0.2, 0.25) is 0 Å². The first-order valence-electron chi connectivity index (χ1n) is 12.5. The second-order valence-electron chi connectivity index (χ2n) is 9.06. The molecule has 204 valence electrons. The molecule has 10 heteroatoms. The van der Waals surface area contributed by atoms with Gasteiger partial charge >= 0.3 is 11.9 Å². The summed E-state index contributed by atoms with van der Waals surface area (Å²) in [5, 5.41) is 39.7. The van der Waals surface area contributed by atoms with Crippen LogP contribution >= 0.6 is 0 Å². The minimum absolute atomic E-state index is 0.0269. The van der Waals surface area contributed by atoms with Crippen molar-refractivity contribution in [2.24, 2.45) is 5.73 Å². The number of ether oxygens (including phenoxy) is 1. The normalized spacial score (nSPS) is 12.1. The van der Waals surface area contributed by atoms with Crippen molar-refractivity contribution in [1.82, 2.24) is 9.80 Å². The molecule has 0 saturated carbocycles. The summed E-state index contributed by atoms with van der Waals surface area (Å²) < 4.78 is 5.61. The number of nitrogens with two attached hydrogens (primary N) is 1. The summed E-state index contributed by atoms with van der Waals surface area (Å²) in [5.41, 5.74) is 7.80. The van der Waals surface area contributed by atoms with Gasteiger partial charge in [0.05, 0.1) is 19.7 Å². The number of aliphatic carboxylic acids is 2. The number of carboxylic acid groups (broad SMARTS) is 2. The molecule has 0 bridgehead atoms. The van der Waals surface area contributed by atoms with Gasteiger partial charge in [-0.05, 0) is 56.5 Å². The van der Waals surface area contributed by atoms with Gasteiger partial charge in [0.1, 0.15) is 5.75 Å². The van der Waals surface area contributed by atoms with Gasteiger partial charge in [-0.1, -0.05) is 30.7 Å². The van der Waals surface area contributed by atoms with Crippen molar-refractivity contribution in [2.75, 3.05) is 32.8 Å². The number of carboxylic acids is 2. The number of para-hydroxylation sites is 1. The van der Waals surface area contributed by atoms with Crippen molar-refractivity contribution in [2.45, 2.75) is 52.2 Å². The Labute approximate surface area is 217 Å². The van der Waals surface area contributed by atoms with Crippen molar-refractivity contribution < 1.29 is 34.8 Å². The largest absolute Gasteiger partial charge is 0.508 e. The molecule has 10 nitrogen and oxygen atoms in total. The summed E-state index contributed by atoms with van der Waals surface area (Å²) in [6, 6.07) is 9.79. The Hall–Kier alpha value is -3.34. The lowest BCUT2D eigenvalue weighted by Gasteiger charge is -2.35. The van der Waals surface area contributed by atoms with Gasteiger partial charge in [-0.2, -0.15) is 0 Å². The van der Waals surface area contributed by atoms with Crippen LogP contribution in [0.1, 0.15) is 42.9 Å². The number of hydrogen-bond donors (Lipinski definition) is 5. The van der Waals surface area contributed by atoms with Crippen LogP contribution in [-0.2, 0) is 22.7 Å². The predicted molar refractivity (Wildman–Crippen MR) is 140 cm³/mol. The highest BCUT2D eigenvalue weighted by molar-refractivity contribution is 5.69. The molecule has 0 radical (unpaired) electrons. The molecule has 1 unspecified atom stereocenters. The maximum absolute atomic E-state index is 11.8. The fourth-order valence-corrected chi connectivity index (χ4v) is 4.38. The van der Waals surface area contributed by atoms with Crippen LogP contribution in [0.15, 0.2) is 36.4 Å². The smallest absolute Gasteiger partial charge is 0.317 e. The molecule has 0 aromatic heterocycles. The van der Waals surface area contributed by atoms with Crippen LogP contribution in [0.3, 0.4) is 0 Å². The summed E-state index contributed by atoms with van der Waals surface area (Å²) in [6.07, 6.45) is 2.10. The van der Waals surface area contributed by atoms with Gasteiger partial charge in [-0.15, -0.1) is 0 Å². The van der Waals surface area contributed by atoms with E-state index >= 15 is 0 Å². The molecule has 0 amide bonds. The Bertz CT molecular complexity index is 1030. The molecule has 37 heavy (non-hydrogen) atoms. The fourth-order valence-electron chi connectivity index (χ4n) is 4.38. The van der Waals surface area contributed by atoms with E-state index in [2.05, 4.69) is 0 Å². The lowest BCUT2D eigenvalue weighted by molar-refractivity contribution is -0.141. The van der Waals surface area contributed by atoms with E-state index in [1.165, 1.54) is 6.07 Å². The number of aromatic hydroxyl groups is 2. The van der Waals surface area contributed by atoms with Gasteiger partial charge in [0.2, 0.25) is 0 Å². The Morgan fingerprint density at radius 1 is 0.946 bits per heavy atom. The second-order valence-corrected chi connectivity index (χ2v) is 9.06. The van der Waals surface area contributed by atoms with Gasteiger partial charge < -0.3 is 30.9 Å². The fraction of sp³-hybridized carbons (Fsp3) is 0.481. The summed E-state index contributed by atoms with van der Waals surface area (Å²) in [7, 11) is 0. The highest BCUT2D eigenvalue weighted by atomic mass is 16.5. The average Bonchev–Trinajstić information content (AvgIpc) is 2.82. The number of nitrogens with zero attached hydrogens (tertiary/aromatic N) is 2. The van der Waals surface area contributed by atoms with Crippen molar-refractivity contribution in [3.63, 3.8) is 0 Å². The molecule has 2 rings (SSSR count). The molecular weight excluding hydrogens is 478 g/mol. The lowest BCUT2D eigenvalue weighted by atomic mass is 10.0. The Balaban J connectivity index is 2.40. The summed E-state index contributed by atoms with van der Waals surface area (Å²) >= 11 is 0. The monoisotopic (exact) mass is 517 g/mol. The number of hydrogen-bond acceptors (Lipinski definition) is 8. The molecule has 0 aliphatic rings. The summed E-state index contributed by atoms with van der Waals surface area (Å²) in [4.78, 5) is 27.1. The van der Waals surface area contributed by atoms with E-state index < -0.39 is 11.9 Å². The Kier molecular flexibility index (Phi) is 12.1. The Morgan fingerprint density at radius 2 is 1.59 bits per heavy atom. The number of unbranched alkanes of at least 4 members (excludes halogenated alkanes) is 1. The zero-order chi connectivity index (χ0) is 27.4. The molecule has 0 aliphatic carbocycles. The topological polar surface area (TPSA) is 157 Å². The zero-order valence-electron chi connectivity index (χ0n) is 21.6. The van der Waals surface area contributed by atoms with Crippen molar-refractivity contribution in [3.8, 4) is 17.2 Å². The van der Waals surface area contributed by atoms with Crippen LogP contribution in [0.25, 0.3) is 0 Å². The molecule has 0 fully saturated rings. The van der Waals surface area contributed by atoms with Crippen LogP contribution < -0.4 is 10.5 Å². The van der Waals surface area contributed by atoms with Crippen molar-refractivity contribution >= 4 is 11.9 Å². The minimum Gasteiger partial charge on any atom is -0.508 e. The molecule has 0 heterocycles. The van der Waals surface area contributed by atoms with Crippen LogP contribution in [0.5, 0.6) is 17.2 Å². The van der Waals surface area contributed by atoms with E-state index in [1.54, 1.807) is 47.9 Å². The molecular formula is C27H39N3O7. The van der Waals surface area contributed by atoms with Crippen molar-refractivity contribution in [3.05, 3.63) is 53.1 Å². The van der Waals surface area contributed by atoms with E-state index in [1.807, 2.05) is 6.07 Å². The van der Waals surface area contributed by atoms with Crippen molar-refractivity contribution in [1.29, 1.82) is 0 Å². The van der Waals surface area contributed by atoms with E-state index in [4.69, 9.17) is 10.5 Å². The predicted octanol–water partition coefficient (Wildman–Crippen LogP) is 2.78. The van der Waals surface area contributed by atoms with Gasteiger partial charge in [0.25, 0.3) is 0 Å². The van der Waals surface area contributed by atoms with Gasteiger partial charge in [-0.25, -0.2) is 0 Å². The molecule has 2 aromatic rings. The second kappa shape index (κ2) is 15.0. The van der Waals surface area contributed by atoms with E-state index in [-0.39, 0.29) is 50.3 Å². The highest BCUT2D eigenvalue weighted by Crippen LogP contribution is 2.31. The average molecular weight is 518 g/mol. The molecule has 0 aliphatic heterocycles. The summed E-state index contributed by atoms with van der Waals surface area (Å²) in [5.74, 6) is -1.61. The number of phenols is 2. The maximum atomic E-state index is 11.8. The van der Waals surface area contributed by atoms with Crippen LogP contribution in [0, 0.1) is 6.92 Å². The molecule has 0 saturated heterocycles. The third kappa shape index (κ3) is 9.56. The number of carbonyl (C=O) groups is 2. The van der Waals surface area contributed by atoms with E-state index in [0.29, 0.717) is 36.4 Å².